The minimum absolute atomic E-state index is 0. The van der Waals surface area contributed by atoms with Crippen molar-refractivity contribution in [1.29, 1.82) is 0 Å². The molecule has 110 valence electrons. The van der Waals surface area contributed by atoms with Gasteiger partial charge in [0.2, 0.25) is 0 Å². The Kier molecular flexibility index (Phi) is 5.26. The number of carbonyl (C=O) groups is 1. The highest BCUT2D eigenvalue weighted by Crippen LogP contribution is 2.28. The van der Waals surface area contributed by atoms with Gasteiger partial charge in [-0.05, 0) is 37.4 Å². The molecule has 0 aliphatic carbocycles. The van der Waals surface area contributed by atoms with E-state index in [9.17, 15) is 4.79 Å². The van der Waals surface area contributed by atoms with Gasteiger partial charge in [0.25, 0.3) is 5.91 Å². The lowest BCUT2D eigenvalue weighted by Crippen LogP contribution is -2.39. The van der Waals surface area contributed by atoms with Crippen LogP contribution in [0, 0.1) is 0 Å². The molecule has 0 radical (unpaired) electrons. The number of benzene rings is 1. The van der Waals surface area contributed by atoms with Crippen molar-refractivity contribution >= 4 is 18.3 Å². The zero-order valence-corrected chi connectivity index (χ0v) is 12.2. The highest BCUT2D eigenvalue weighted by molar-refractivity contribution is 5.85. The molecule has 1 aromatic carbocycles. The molecule has 2 aliphatic heterocycles. The molecule has 2 heterocycles. The van der Waals surface area contributed by atoms with Gasteiger partial charge in [-0.2, -0.15) is 0 Å². The molecule has 2 atom stereocenters. The lowest BCUT2D eigenvalue weighted by atomic mass is 10.1. The van der Waals surface area contributed by atoms with E-state index in [2.05, 4.69) is 10.6 Å². The molecule has 2 N–H and O–H groups in total. The fraction of sp³-hybridized carbons (Fsp3) is 0.533. The predicted octanol–water partition coefficient (Wildman–Crippen LogP) is 1.67. The Morgan fingerprint density at radius 1 is 1.40 bits per heavy atom. The minimum Gasteiger partial charge on any atom is -0.480 e. The van der Waals surface area contributed by atoms with Crippen LogP contribution in [-0.2, 0) is 11.2 Å². The normalized spacial score (nSPS) is 23.6. The van der Waals surface area contributed by atoms with Crippen molar-refractivity contribution in [2.24, 2.45) is 0 Å². The van der Waals surface area contributed by atoms with Crippen LogP contribution in [0.25, 0.3) is 0 Å². The summed E-state index contributed by atoms with van der Waals surface area (Å²) in [4.78, 5) is 12.0. The molecule has 2 aliphatic rings. The smallest absolute Gasteiger partial charge is 0.261 e. The number of nitrogens with one attached hydrogen (secondary N) is 2. The maximum absolute atomic E-state index is 12.0. The third-order valence-electron chi connectivity index (χ3n) is 3.89. The summed E-state index contributed by atoms with van der Waals surface area (Å²) < 4.78 is 5.66. The molecular formula is C15H21ClN2O2. The van der Waals surface area contributed by atoms with Crippen LogP contribution in [0.5, 0.6) is 5.75 Å². The van der Waals surface area contributed by atoms with E-state index in [0.717, 1.165) is 30.8 Å². The second kappa shape index (κ2) is 6.95. The molecule has 1 fully saturated rings. The third kappa shape index (κ3) is 3.44. The number of carbonyl (C=O) groups excluding carboxylic acids is 1. The van der Waals surface area contributed by atoms with Crippen molar-refractivity contribution in [2.45, 2.75) is 37.8 Å². The monoisotopic (exact) mass is 296 g/mol. The number of rotatable bonds is 4. The van der Waals surface area contributed by atoms with Gasteiger partial charge in [0.05, 0.1) is 0 Å². The van der Waals surface area contributed by atoms with E-state index in [4.69, 9.17) is 4.74 Å². The average Bonchev–Trinajstić information content (AvgIpc) is 3.07. The van der Waals surface area contributed by atoms with E-state index in [0.29, 0.717) is 12.5 Å². The van der Waals surface area contributed by atoms with Crippen molar-refractivity contribution in [3.8, 4) is 5.75 Å². The topological polar surface area (TPSA) is 50.4 Å². The first-order valence-electron chi connectivity index (χ1n) is 7.08. The third-order valence-corrected chi connectivity index (χ3v) is 3.89. The fourth-order valence-electron chi connectivity index (χ4n) is 2.81. The number of halogens is 1. The van der Waals surface area contributed by atoms with Crippen molar-refractivity contribution in [3.05, 3.63) is 29.8 Å². The van der Waals surface area contributed by atoms with Crippen LogP contribution in [0.2, 0.25) is 0 Å². The van der Waals surface area contributed by atoms with E-state index in [1.807, 2.05) is 24.3 Å². The molecule has 1 unspecified atom stereocenters. The fourth-order valence-corrected chi connectivity index (χ4v) is 2.81. The quantitative estimate of drug-likeness (QED) is 0.889. The summed E-state index contributed by atoms with van der Waals surface area (Å²) in [5.74, 6) is 0.856. The number of fused-ring (bicyclic) bond motifs is 1. The highest BCUT2D eigenvalue weighted by Gasteiger charge is 2.28. The Bertz CT molecular complexity index is 436. The maximum atomic E-state index is 12.0. The van der Waals surface area contributed by atoms with Gasteiger partial charge >= 0.3 is 0 Å². The molecule has 1 saturated heterocycles. The summed E-state index contributed by atoms with van der Waals surface area (Å²) in [5.41, 5.74) is 1.13. The highest BCUT2D eigenvalue weighted by atomic mass is 35.5. The predicted molar refractivity (Wildman–Crippen MR) is 80.5 cm³/mol. The summed E-state index contributed by atoms with van der Waals surface area (Å²) in [6.07, 6.45) is 3.81. The first-order chi connectivity index (χ1) is 9.33. The number of para-hydroxylation sites is 1. The molecule has 0 saturated carbocycles. The van der Waals surface area contributed by atoms with Gasteiger partial charge in [0.15, 0.2) is 6.10 Å². The van der Waals surface area contributed by atoms with E-state index in [1.54, 1.807) is 0 Å². The number of hydrogen-bond acceptors (Lipinski definition) is 3. The lowest BCUT2D eigenvalue weighted by molar-refractivity contribution is -0.127. The molecule has 3 rings (SSSR count). The Hall–Kier alpha value is -1.26. The second-order valence-electron chi connectivity index (χ2n) is 5.29. The Morgan fingerprint density at radius 2 is 2.25 bits per heavy atom. The van der Waals surface area contributed by atoms with Gasteiger partial charge in [-0.1, -0.05) is 18.2 Å². The van der Waals surface area contributed by atoms with Crippen LogP contribution in [-0.4, -0.2) is 31.1 Å². The summed E-state index contributed by atoms with van der Waals surface area (Å²) in [5, 5.41) is 6.41. The van der Waals surface area contributed by atoms with Gasteiger partial charge in [-0.3, -0.25) is 4.79 Å². The van der Waals surface area contributed by atoms with E-state index < -0.39 is 0 Å². The van der Waals surface area contributed by atoms with Crippen LogP contribution in [0.3, 0.4) is 0 Å². The van der Waals surface area contributed by atoms with Crippen molar-refractivity contribution in [1.82, 2.24) is 10.6 Å². The molecule has 5 heteroatoms. The average molecular weight is 297 g/mol. The van der Waals surface area contributed by atoms with Crippen molar-refractivity contribution in [3.63, 3.8) is 0 Å². The first-order valence-corrected chi connectivity index (χ1v) is 7.08. The number of ether oxygens (including phenoxy) is 1. The SMILES string of the molecule is Cl.O=C(NCC[C@H]1CCCN1)C1Cc2ccccc2O1. The molecule has 20 heavy (non-hydrogen) atoms. The number of hydrogen-bond donors (Lipinski definition) is 2. The largest absolute Gasteiger partial charge is 0.480 e. The van der Waals surface area contributed by atoms with Crippen molar-refractivity contribution < 1.29 is 9.53 Å². The minimum atomic E-state index is -0.353. The summed E-state index contributed by atoms with van der Waals surface area (Å²) in [6.45, 7) is 1.84. The Balaban J connectivity index is 0.00000147. The molecular weight excluding hydrogens is 276 g/mol. The standard InChI is InChI=1S/C15H20N2O2.ClH/c18-15(17-9-7-12-5-3-8-16-12)14-10-11-4-1-2-6-13(11)19-14;/h1-2,4,6,12,14,16H,3,5,7-10H2,(H,17,18);1H/t12-,14?;/m1./s1. The Morgan fingerprint density at radius 3 is 3.00 bits per heavy atom. The van der Waals surface area contributed by atoms with Gasteiger partial charge in [-0.15, -0.1) is 12.4 Å². The van der Waals surface area contributed by atoms with Gasteiger partial charge in [-0.25, -0.2) is 0 Å². The maximum Gasteiger partial charge on any atom is 0.261 e. The van der Waals surface area contributed by atoms with Crippen LogP contribution in [0.15, 0.2) is 24.3 Å². The Labute approximate surface area is 125 Å². The molecule has 1 aromatic rings. The van der Waals surface area contributed by atoms with Crippen molar-refractivity contribution in [2.75, 3.05) is 13.1 Å². The first kappa shape index (κ1) is 15.1. The summed E-state index contributed by atoms with van der Waals surface area (Å²) in [6, 6.07) is 8.43. The second-order valence-corrected chi connectivity index (χ2v) is 5.29. The molecule has 0 aromatic heterocycles. The van der Waals surface area contributed by atoms with E-state index in [1.165, 1.54) is 12.8 Å². The molecule has 1 amide bonds. The van der Waals surface area contributed by atoms with Crippen LogP contribution in [0.1, 0.15) is 24.8 Å². The molecule has 4 nitrogen and oxygen atoms in total. The summed E-state index contributed by atoms with van der Waals surface area (Å²) >= 11 is 0. The zero-order valence-electron chi connectivity index (χ0n) is 11.4. The number of amides is 1. The summed E-state index contributed by atoms with van der Waals surface area (Å²) in [7, 11) is 0. The zero-order chi connectivity index (χ0) is 13.1. The van der Waals surface area contributed by atoms with Crippen LogP contribution in [0.4, 0.5) is 0 Å². The van der Waals surface area contributed by atoms with Gasteiger partial charge in [0, 0.05) is 19.0 Å². The van der Waals surface area contributed by atoms with Crippen LogP contribution >= 0.6 is 12.4 Å². The molecule has 0 bridgehead atoms. The van der Waals surface area contributed by atoms with Gasteiger partial charge in [0.1, 0.15) is 5.75 Å². The van der Waals surface area contributed by atoms with E-state index >= 15 is 0 Å². The lowest BCUT2D eigenvalue weighted by Gasteiger charge is -2.13. The molecule has 0 spiro atoms. The van der Waals surface area contributed by atoms with E-state index in [-0.39, 0.29) is 24.4 Å². The van der Waals surface area contributed by atoms with Gasteiger partial charge < -0.3 is 15.4 Å². The van der Waals surface area contributed by atoms with Crippen LogP contribution < -0.4 is 15.4 Å².